The summed E-state index contributed by atoms with van der Waals surface area (Å²) in [5, 5.41) is 3.54. The minimum atomic E-state index is 0.306. The van der Waals surface area contributed by atoms with E-state index in [9.17, 15) is 4.79 Å². The van der Waals surface area contributed by atoms with Crippen LogP contribution in [0.4, 0.5) is 0 Å². The Bertz CT molecular complexity index is 594. The second-order valence-electron chi connectivity index (χ2n) is 7.47. The molecule has 2 saturated carbocycles. The minimum absolute atomic E-state index is 0.306. The van der Waals surface area contributed by atoms with Gasteiger partial charge in [-0.3, -0.25) is 4.79 Å². The van der Waals surface area contributed by atoms with Crippen LogP contribution in [-0.2, 0) is 19.4 Å². The van der Waals surface area contributed by atoms with Crippen molar-refractivity contribution in [1.29, 1.82) is 0 Å². The largest absolute Gasteiger partial charge is 0.310 e. The zero-order valence-electron chi connectivity index (χ0n) is 13.6. The van der Waals surface area contributed by atoms with E-state index >= 15 is 0 Å². The van der Waals surface area contributed by atoms with Gasteiger partial charge < -0.3 is 9.88 Å². The zero-order chi connectivity index (χ0) is 14.9. The fraction of sp³-hybridized carbons (Fsp3) is 0.737. The van der Waals surface area contributed by atoms with Gasteiger partial charge in [0.1, 0.15) is 0 Å². The Morgan fingerprint density at radius 3 is 2.55 bits per heavy atom. The Morgan fingerprint density at radius 2 is 1.77 bits per heavy atom. The summed E-state index contributed by atoms with van der Waals surface area (Å²) >= 11 is 0. The quantitative estimate of drug-likeness (QED) is 0.923. The Labute approximate surface area is 133 Å². The Kier molecular flexibility index (Phi) is 4.08. The van der Waals surface area contributed by atoms with E-state index in [1.807, 2.05) is 0 Å². The molecule has 0 unspecified atom stereocenters. The molecule has 120 valence electrons. The molecular formula is C19H28N2O. The molecule has 0 spiro atoms. The number of rotatable bonds is 4. The number of aryl methyl sites for hydroxylation is 1. The molecule has 0 aliphatic heterocycles. The fourth-order valence-corrected chi connectivity index (χ4v) is 4.29. The Hall–Kier alpha value is -1.09. The molecule has 4 rings (SSSR count). The van der Waals surface area contributed by atoms with Crippen molar-refractivity contribution in [2.24, 2.45) is 0 Å². The lowest BCUT2D eigenvalue weighted by atomic mass is 9.90. The molecule has 3 aliphatic rings. The van der Waals surface area contributed by atoms with Crippen molar-refractivity contribution in [3.8, 4) is 0 Å². The number of hydrogen-bond acceptors (Lipinski definition) is 2. The average Bonchev–Trinajstić information content (AvgIpc) is 3.38. The van der Waals surface area contributed by atoms with Gasteiger partial charge in [-0.15, -0.1) is 0 Å². The average molecular weight is 300 g/mol. The van der Waals surface area contributed by atoms with Gasteiger partial charge in [-0.25, -0.2) is 0 Å². The van der Waals surface area contributed by atoms with Crippen LogP contribution < -0.4 is 10.9 Å². The van der Waals surface area contributed by atoms with Crippen molar-refractivity contribution in [2.45, 2.75) is 89.3 Å². The van der Waals surface area contributed by atoms with Gasteiger partial charge in [0.2, 0.25) is 0 Å². The minimum Gasteiger partial charge on any atom is -0.310 e. The summed E-state index contributed by atoms with van der Waals surface area (Å²) in [7, 11) is 0. The first-order chi connectivity index (χ1) is 10.8. The van der Waals surface area contributed by atoms with Crippen LogP contribution in [0.2, 0.25) is 0 Å². The van der Waals surface area contributed by atoms with Gasteiger partial charge in [0.15, 0.2) is 0 Å². The molecular weight excluding hydrogens is 272 g/mol. The van der Waals surface area contributed by atoms with Gasteiger partial charge in [-0.2, -0.15) is 0 Å². The first-order valence-corrected chi connectivity index (χ1v) is 9.32. The van der Waals surface area contributed by atoms with Gasteiger partial charge >= 0.3 is 0 Å². The molecule has 3 aliphatic carbocycles. The van der Waals surface area contributed by atoms with Gasteiger partial charge in [0.05, 0.1) is 0 Å². The standard InChI is InChI=1S/C19H28N2O/c22-19-15(13-20-16-10-11-16)12-14-6-4-5-9-18(14)21(19)17-7-2-1-3-8-17/h12,16-17,20H,1-11,13H2. The third-order valence-electron chi connectivity index (χ3n) is 5.71. The van der Waals surface area contributed by atoms with Crippen molar-refractivity contribution in [2.75, 3.05) is 0 Å². The molecule has 3 heteroatoms. The van der Waals surface area contributed by atoms with Crippen LogP contribution >= 0.6 is 0 Å². The third kappa shape index (κ3) is 2.88. The maximum Gasteiger partial charge on any atom is 0.255 e. The maximum atomic E-state index is 13.1. The molecule has 2 fully saturated rings. The van der Waals surface area contributed by atoms with Gasteiger partial charge in [0.25, 0.3) is 5.56 Å². The summed E-state index contributed by atoms with van der Waals surface area (Å²) in [6, 6.07) is 3.36. The van der Waals surface area contributed by atoms with Crippen molar-refractivity contribution >= 4 is 0 Å². The molecule has 1 N–H and O–H groups in total. The predicted molar refractivity (Wildman–Crippen MR) is 89.3 cm³/mol. The smallest absolute Gasteiger partial charge is 0.255 e. The van der Waals surface area contributed by atoms with Crippen LogP contribution in [0.5, 0.6) is 0 Å². The van der Waals surface area contributed by atoms with E-state index in [0.717, 1.165) is 18.5 Å². The Morgan fingerprint density at radius 1 is 1.00 bits per heavy atom. The normalized spacial score (nSPS) is 22.5. The fourth-order valence-electron chi connectivity index (χ4n) is 4.29. The summed E-state index contributed by atoms with van der Waals surface area (Å²) in [6.45, 7) is 0.767. The SMILES string of the molecule is O=c1c(CNC2CC2)cc2c(n1C1CCCCC1)CCCC2. The van der Waals surface area contributed by atoms with Crippen molar-refractivity contribution in [1.82, 2.24) is 9.88 Å². The van der Waals surface area contributed by atoms with Crippen LogP contribution in [0.25, 0.3) is 0 Å². The first kappa shape index (κ1) is 14.5. The van der Waals surface area contributed by atoms with E-state index in [1.54, 1.807) is 0 Å². The summed E-state index contributed by atoms with van der Waals surface area (Å²) in [4.78, 5) is 13.1. The Balaban J connectivity index is 1.71. The third-order valence-corrected chi connectivity index (χ3v) is 5.71. The van der Waals surface area contributed by atoms with E-state index in [2.05, 4.69) is 16.0 Å². The second-order valence-corrected chi connectivity index (χ2v) is 7.47. The van der Waals surface area contributed by atoms with E-state index in [4.69, 9.17) is 0 Å². The summed E-state index contributed by atoms with van der Waals surface area (Å²) in [5.74, 6) is 0. The highest BCUT2D eigenvalue weighted by molar-refractivity contribution is 5.30. The van der Waals surface area contributed by atoms with E-state index < -0.39 is 0 Å². The molecule has 3 nitrogen and oxygen atoms in total. The number of fused-ring (bicyclic) bond motifs is 1. The van der Waals surface area contributed by atoms with Crippen LogP contribution in [-0.4, -0.2) is 10.6 Å². The van der Waals surface area contributed by atoms with Crippen LogP contribution in [0, 0.1) is 0 Å². The molecule has 0 atom stereocenters. The van der Waals surface area contributed by atoms with Crippen LogP contribution in [0.1, 0.15) is 80.7 Å². The highest BCUT2D eigenvalue weighted by Gasteiger charge is 2.25. The molecule has 22 heavy (non-hydrogen) atoms. The molecule has 1 aromatic heterocycles. The summed E-state index contributed by atoms with van der Waals surface area (Å²) in [6.07, 6.45) is 13.7. The zero-order valence-corrected chi connectivity index (χ0v) is 13.6. The number of nitrogens with zero attached hydrogens (tertiary/aromatic N) is 1. The van der Waals surface area contributed by atoms with Crippen LogP contribution in [0.15, 0.2) is 10.9 Å². The highest BCUT2D eigenvalue weighted by atomic mass is 16.1. The predicted octanol–water partition coefficient (Wildman–Crippen LogP) is 3.48. The van der Waals surface area contributed by atoms with Crippen LogP contribution in [0.3, 0.4) is 0 Å². The molecule has 1 heterocycles. The molecule has 1 aromatic rings. The molecule has 0 amide bonds. The van der Waals surface area contributed by atoms with E-state index in [-0.39, 0.29) is 0 Å². The molecule has 0 radical (unpaired) electrons. The lowest BCUT2D eigenvalue weighted by Gasteiger charge is -2.30. The maximum absolute atomic E-state index is 13.1. The first-order valence-electron chi connectivity index (χ1n) is 9.32. The number of nitrogens with one attached hydrogen (secondary N) is 1. The number of aromatic nitrogens is 1. The lowest BCUT2D eigenvalue weighted by Crippen LogP contribution is -2.35. The van der Waals surface area contributed by atoms with Crippen molar-refractivity contribution < 1.29 is 0 Å². The van der Waals surface area contributed by atoms with E-state index in [0.29, 0.717) is 17.6 Å². The monoisotopic (exact) mass is 300 g/mol. The second kappa shape index (κ2) is 6.19. The van der Waals surface area contributed by atoms with Crippen molar-refractivity contribution in [3.63, 3.8) is 0 Å². The highest BCUT2D eigenvalue weighted by Crippen LogP contribution is 2.31. The number of hydrogen-bond donors (Lipinski definition) is 1. The summed E-state index contributed by atoms with van der Waals surface area (Å²) in [5.41, 5.74) is 4.15. The van der Waals surface area contributed by atoms with Gasteiger partial charge in [-0.1, -0.05) is 19.3 Å². The molecule has 0 bridgehead atoms. The number of pyridine rings is 1. The topological polar surface area (TPSA) is 34.0 Å². The lowest BCUT2D eigenvalue weighted by molar-refractivity contribution is 0.333. The van der Waals surface area contributed by atoms with Gasteiger partial charge in [-0.05, 0) is 63.0 Å². The molecule has 0 aromatic carbocycles. The van der Waals surface area contributed by atoms with Gasteiger partial charge in [0, 0.05) is 29.9 Å². The molecule has 0 saturated heterocycles. The summed E-state index contributed by atoms with van der Waals surface area (Å²) < 4.78 is 2.23. The van der Waals surface area contributed by atoms with E-state index in [1.165, 1.54) is 75.5 Å². The van der Waals surface area contributed by atoms with Crippen molar-refractivity contribution in [3.05, 3.63) is 33.2 Å².